The molecule has 0 amide bonds. The molecule has 2 unspecified atom stereocenters. The van der Waals surface area contributed by atoms with E-state index in [2.05, 4.69) is 5.32 Å². The van der Waals surface area contributed by atoms with E-state index in [1.54, 1.807) is 12.1 Å². The Bertz CT molecular complexity index is 386. The van der Waals surface area contributed by atoms with Crippen molar-refractivity contribution in [2.75, 3.05) is 20.3 Å². The van der Waals surface area contributed by atoms with Gasteiger partial charge < -0.3 is 10.1 Å². The van der Waals surface area contributed by atoms with Gasteiger partial charge in [-0.25, -0.2) is 4.39 Å². The monoisotopic (exact) mass is 257 g/mol. The SMILES string of the molecule is CNC1CCOCC1Cc1ccc(Cl)cc1F. The fourth-order valence-electron chi connectivity index (χ4n) is 2.35. The molecule has 4 heteroatoms. The van der Waals surface area contributed by atoms with Gasteiger partial charge in [0.25, 0.3) is 0 Å². The summed E-state index contributed by atoms with van der Waals surface area (Å²) in [6.45, 7) is 1.47. The lowest BCUT2D eigenvalue weighted by molar-refractivity contribution is 0.0339. The zero-order valence-corrected chi connectivity index (χ0v) is 10.6. The van der Waals surface area contributed by atoms with Crippen LogP contribution < -0.4 is 5.32 Å². The molecule has 0 radical (unpaired) electrons. The van der Waals surface area contributed by atoms with Gasteiger partial charge in [-0.3, -0.25) is 0 Å². The number of benzene rings is 1. The first-order chi connectivity index (χ1) is 8.20. The molecule has 0 aliphatic carbocycles. The van der Waals surface area contributed by atoms with Gasteiger partial charge in [0.2, 0.25) is 0 Å². The van der Waals surface area contributed by atoms with Gasteiger partial charge in [-0.1, -0.05) is 17.7 Å². The third-order valence-electron chi connectivity index (χ3n) is 3.34. The fraction of sp³-hybridized carbons (Fsp3) is 0.538. The van der Waals surface area contributed by atoms with Crippen molar-refractivity contribution in [3.63, 3.8) is 0 Å². The molecular formula is C13H17ClFNO. The van der Waals surface area contributed by atoms with Crippen molar-refractivity contribution in [3.05, 3.63) is 34.6 Å². The Balaban J connectivity index is 2.08. The third kappa shape index (κ3) is 3.18. The predicted octanol–water partition coefficient (Wildman–Crippen LogP) is 2.65. The predicted molar refractivity (Wildman–Crippen MR) is 66.9 cm³/mol. The molecule has 1 N–H and O–H groups in total. The molecule has 0 bridgehead atoms. The average molecular weight is 258 g/mol. The van der Waals surface area contributed by atoms with E-state index in [9.17, 15) is 4.39 Å². The molecule has 2 rings (SSSR count). The molecule has 1 aromatic rings. The molecule has 2 nitrogen and oxygen atoms in total. The van der Waals surface area contributed by atoms with Gasteiger partial charge in [-0.05, 0) is 37.6 Å². The third-order valence-corrected chi connectivity index (χ3v) is 3.58. The van der Waals surface area contributed by atoms with Crippen LogP contribution >= 0.6 is 11.6 Å². The van der Waals surface area contributed by atoms with Crippen LogP contribution in [0.2, 0.25) is 5.02 Å². The van der Waals surface area contributed by atoms with Crippen LogP contribution in [-0.4, -0.2) is 26.3 Å². The minimum atomic E-state index is -0.224. The van der Waals surface area contributed by atoms with Gasteiger partial charge in [-0.2, -0.15) is 0 Å². The summed E-state index contributed by atoms with van der Waals surface area (Å²) in [5, 5.41) is 3.72. The largest absolute Gasteiger partial charge is 0.381 e. The standard InChI is InChI=1S/C13H17ClFNO/c1-16-13-4-5-17-8-10(13)6-9-2-3-11(14)7-12(9)15/h2-3,7,10,13,16H,4-6,8H2,1H3. The second kappa shape index (κ2) is 5.80. The van der Waals surface area contributed by atoms with Crippen LogP contribution in [-0.2, 0) is 11.2 Å². The molecule has 0 saturated carbocycles. The highest BCUT2D eigenvalue weighted by Crippen LogP contribution is 2.22. The second-order valence-electron chi connectivity index (χ2n) is 4.46. The topological polar surface area (TPSA) is 21.3 Å². The highest BCUT2D eigenvalue weighted by molar-refractivity contribution is 6.30. The summed E-state index contributed by atoms with van der Waals surface area (Å²) in [5.74, 6) is 0.0994. The number of hydrogen-bond acceptors (Lipinski definition) is 2. The van der Waals surface area contributed by atoms with Crippen LogP contribution in [0.3, 0.4) is 0 Å². The van der Waals surface area contributed by atoms with Crippen LogP contribution in [0.4, 0.5) is 4.39 Å². The number of nitrogens with one attached hydrogen (secondary N) is 1. The van der Waals surface area contributed by atoms with Crippen LogP contribution in [0.1, 0.15) is 12.0 Å². The van der Waals surface area contributed by atoms with Gasteiger partial charge in [0.05, 0.1) is 6.61 Å². The molecular weight excluding hydrogens is 241 g/mol. The van der Waals surface area contributed by atoms with Crippen molar-refractivity contribution >= 4 is 11.6 Å². The summed E-state index contributed by atoms with van der Waals surface area (Å²) in [6, 6.07) is 5.27. The Morgan fingerprint density at radius 1 is 1.53 bits per heavy atom. The summed E-state index contributed by atoms with van der Waals surface area (Å²) in [4.78, 5) is 0. The Kier molecular flexibility index (Phi) is 4.37. The highest BCUT2D eigenvalue weighted by Gasteiger charge is 2.25. The van der Waals surface area contributed by atoms with Crippen molar-refractivity contribution in [1.82, 2.24) is 5.32 Å². The normalized spacial score (nSPS) is 24.9. The van der Waals surface area contributed by atoms with Crippen molar-refractivity contribution in [2.45, 2.75) is 18.9 Å². The lowest BCUT2D eigenvalue weighted by Crippen LogP contribution is -2.42. The van der Waals surface area contributed by atoms with Gasteiger partial charge in [0.1, 0.15) is 5.82 Å². The number of ether oxygens (including phenoxy) is 1. The Hall–Kier alpha value is -0.640. The molecule has 0 aromatic heterocycles. The van der Waals surface area contributed by atoms with E-state index in [-0.39, 0.29) is 5.82 Å². The first-order valence-electron chi connectivity index (χ1n) is 5.89. The summed E-state index contributed by atoms with van der Waals surface area (Å²) in [7, 11) is 1.95. The van der Waals surface area contributed by atoms with Crippen LogP contribution in [0.5, 0.6) is 0 Å². The van der Waals surface area contributed by atoms with Crippen molar-refractivity contribution in [3.8, 4) is 0 Å². The molecule has 0 spiro atoms. The lowest BCUT2D eigenvalue weighted by atomic mass is 9.89. The molecule has 94 valence electrons. The number of halogens is 2. The van der Waals surface area contributed by atoms with Gasteiger partial charge in [0.15, 0.2) is 0 Å². The minimum absolute atomic E-state index is 0.224. The molecule has 1 heterocycles. The van der Waals surface area contributed by atoms with Crippen LogP contribution in [0.25, 0.3) is 0 Å². The van der Waals surface area contributed by atoms with Crippen LogP contribution in [0, 0.1) is 11.7 Å². The molecule has 1 aliphatic heterocycles. The van der Waals surface area contributed by atoms with E-state index in [0.29, 0.717) is 35.6 Å². The first kappa shape index (κ1) is 12.8. The lowest BCUT2D eigenvalue weighted by Gasteiger charge is -2.31. The summed E-state index contributed by atoms with van der Waals surface area (Å²) in [5.41, 5.74) is 0.713. The zero-order chi connectivity index (χ0) is 12.3. The maximum Gasteiger partial charge on any atom is 0.127 e. The Labute approximate surface area is 106 Å². The van der Waals surface area contributed by atoms with Gasteiger partial charge in [0, 0.05) is 23.6 Å². The summed E-state index contributed by atoms with van der Waals surface area (Å²) < 4.78 is 19.2. The van der Waals surface area contributed by atoms with Gasteiger partial charge in [-0.15, -0.1) is 0 Å². The number of hydrogen-bond donors (Lipinski definition) is 1. The fourth-order valence-corrected chi connectivity index (χ4v) is 2.51. The smallest absolute Gasteiger partial charge is 0.127 e. The zero-order valence-electron chi connectivity index (χ0n) is 9.88. The molecule has 1 saturated heterocycles. The van der Waals surface area contributed by atoms with Crippen molar-refractivity contribution in [1.29, 1.82) is 0 Å². The Morgan fingerprint density at radius 3 is 3.06 bits per heavy atom. The number of rotatable bonds is 3. The molecule has 1 aromatic carbocycles. The van der Waals surface area contributed by atoms with E-state index >= 15 is 0 Å². The molecule has 1 aliphatic rings. The highest BCUT2D eigenvalue weighted by atomic mass is 35.5. The summed E-state index contributed by atoms with van der Waals surface area (Å²) >= 11 is 5.74. The molecule has 17 heavy (non-hydrogen) atoms. The maximum atomic E-state index is 13.7. The first-order valence-corrected chi connectivity index (χ1v) is 6.27. The second-order valence-corrected chi connectivity index (χ2v) is 4.90. The summed E-state index contributed by atoms with van der Waals surface area (Å²) in [6.07, 6.45) is 1.67. The van der Waals surface area contributed by atoms with E-state index in [4.69, 9.17) is 16.3 Å². The minimum Gasteiger partial charge on any atom is -0.381 e. The average Bonchev–Trinajstić information content (AvgIpc) is 2.33. The van der Waals surface area contributed by atoms with E-state index in [1.165, 1.54) is 6.07 Å². The van der Waals surface area contributed by atoms with E-state index < -0.39 is 0 Å². The van der Waals surface area contributed by atoms with E-state index in [0.717, 1.165) is 13.0 Å². The van der Waals surface area contributed by atoms with Crippen molar-refractivity contribution < 1.29 is 9.13 Å². The van der Waals surface area contributed by atoms with E-state index in [1.807, 2.05) is 7.05 Å². The van der Waals surface area contributed by atoms with Gasteiger partial charge >= 0.3 is 0 Å². The maximum absolute atomic E-state index is 13.7. The Morgan fingerprint density at radius 2 is 2.35 bits per heavy atom. The molecule has 1 fully saturated rings. The van der Waals surface area contributed by atoms with Crippen LogP contribution in [0.15, 0.2) is 18.2 Å². The quantitative estimate of drug-likeness (QED) is 0.899. The van der Waals surface area contributed by atoms with Crippen molar-refractivity contribution in [2.24, 2.45) is 5.92 Å². The molecule has 2 atom stereocenters.